The number of amides is 1. The fraction of sp³-hybridized carbons (Fsp3) is 0.0870. The van der Waals surface area contributed by atoms with Crippen LogP contribution in [0.2, 0.25) is 5.02 Å². The third-order valence-corrected chi connectivity index (χ3v) is 6.69. The van der Waals surface area contributed by atoms with E-state index in [1.807, 2.05) is 13.0 Å². The molecule has 0 bridgehead atoms. The summed E-state index contributed by atoms with van der Waals surface area (Å²) in [6.07, 6.45) is 6.17. The lowest BCUT2D eigenvalue weighted by atomic mass is 9.97. The number of carbonyl (C=O) groups excluding carboxylic acids is 2. The second-order valence-electron chi connectivity index (χ2n) is 7.26. The molecule has 1 N–H and O–H groups in total. The molecule has 5 rings (SSSR count). The van der Waals surface area contributed by atoms with Gasteiger partial charge in [0.2, 0.25) is 0 Å². The second-order valence-corrected chi connectivity index (χ2v) is 8.67. The van der Waals surface area contributed by atoms with Crippen molar-refractivity contribution in [3.63, 3.8) is 0 Å². The summed E-state index contributed by atoms with van der Waals surface area (Å²) >= 11 is 7.52. The van der Waals surface area contributed by atoms with Crippen molar-refractivity contribution in [3.05, 3.63) is 88.5 Å². The Balaban J connectivity index is 1.73. The lowest BCUT2D eigenvalue weighted by Crippen LogP contribution is -2.29. The number of hydrogen-bond donors (Lipinski definition) is 1. The van der Waals surface area contributed by atoms with Gasteiger partial charge in [-0.1, -0.05) is 29.0 Å². The van der Waals surface area contributed by atoms with E-state index >= 15 is 0 Å². The van der Waals surface area contributed by atoms with Crippen molar-refractivity contribution in [1.82, 2.24) is 15.0 Å². The van der Waals surface area contributed by atoms with Crippen LogP contribution in [0.5, 0.6) is 0 Å². The molecule has 1 fully saturated rings. The highest BCUT2D eigenvalue weighted by Gasteiger charge is 2.48. The van der Waals surface area contributed by atoms with Crippen LogP contribution < -0.4 is 4.90 Å². The van der Waals surface area contributed by atoms with Gasteiger partial charge in [-0.3, -0.25) is 24.5 Å². The summed E-state index contributed by atoms with van der Waals surface area (Å²) < 4.78 is 0.836. The first-order valence-corrected chi connectivity index (χ1v) is 10.8. The maximum atomic E-state index is 13.2. The first-order valence-electron chi connectivity index (χ1n) is 9.63. The minimum atomic E-state index is -0.881. The summed E-state index contributed by atoms with van der Waals surface area (Å²) in [5, 5.41) is 11.9. The topological polar surface area (TPSA) is 96.3 Å². The highest BCUT2D eigenvalue weighted by molar-refractivity contribution is 7.22. The number of aryl methyl sites for hydroxylation is 1. The molecule has 0 aliphatic carbocycles. The molecule has 7 nitrogen and oxygen atoms in total. The molecule has 0 spiro atoms. The number of thiazole rings is 1. The Hall–Kier alpha value is -3.62. The molecule has 1 unspecified atom stereocenters. The molecule has 0 saturated carbocycles. The molecule has 9 heteroatoms. The van der Waals surface area contributed by atoms with Crippen LogP contribution in [-0.2, 0) is 9.59 Å². The average Bonchev–Trinajstić information content (AvgIpc) is 3.32. The monoisotopic (exact) mass is 462 g/mol. The van der Waals surface area contributed by atoms with Crippen molar-refractivity contribution in [2.75, 3.05) is 4.90 Å². The molecular weight excluding hydrogens is 448 g/mol. The number of aliphatic hydroxyl groups is 1. The number of fused-ring (bicyclic) bond motifs is 1. The summed E-state index contributed by atoms with van der Waals surface area (Å²) in [4.78, 5) is 40.3. The first-order chi connectivity index (χ1) is 15.5. The molecule has 4 heterocycles. The number of halogens is 1. The molecule has 3 aromatic heterocycles. The lowest BCUT2D eigenvalue weighted by Gasteiger charge is -2.22. The minimum absolute atomic E-state index is 0.0253. The van der Waals surface area contributed by atoms with E-state index in [1.165, 1.54) is 28.6 Å². The van der Waals surface area contributed by atoms with Crippen LogP contribution in [0.1, 0.15) is 22.7 Å². The molecule has 1 amide bonds. The number of nitrogens with zero attached hydrogens (tertiary/aromatic N) is 4. The van der Waals surface area contributed by atoms with Gasteiger partial charge in [0.15, 0.2) is 5.13 Å². The summed E-state index contributed by atoms with van der Waals surface area (Å²) in [7, 11) is 0. The second kappa shape index (κ2) is 7.81. The van der Waals surface area contributed by atoms with Crippen molar-refractivity contribution in [1.29, 1.82) is 0 Å². The molecule has 1 aromatic carbocycles. The van der Waals surface area contributed by atoms with Crippen molar-refractivity contribution >= 4 is 55.7 Å². The maximum absolute atomic E-state index is 13.2. The Bertz CT molecular complexity index is 1360. The third-order valence-electron chi connectivity index (χ3n) is 5.26. The average molecular weight is 463 g/mol. The summed E-state index contributed by atoms with van der Waals surface area (Å²) in [6, 6.07) is 9.36. The quantitative estimate of drug-likeness (QED) is 0.270. The van der Waals surface area contributed by atoms with E-state index in [-0.39, 0.29) is 11.3 Å². The largest absolute Gasteiger partial charge is 0.507 e. The number of aromatic nitrogens is 3. The number of anilines is 1. The lowest BCUT2D eigenvalue weighted by molar-refractivity contribution is -0.132. The summed E-state index contributed by atoms with van der Waals surface area (Å²) in [5.74, 6) is -1.83. The van der Waals surface area contributed by atoms with Gasteiger partial charge in [-0.05, 0) is 48.4 Å². The smallest absolute Gasteiger partial charge is 0.301 e. The molecule has 1 aliphatic heterocycles. The molecule has 1 aliphatic rings. The van der Waals surface area contributed by atoms with Crippen LogP contribution in [-0.4, -0.2) is 31.7 Å². The normalized spacial score (nSPS) is 17.9. The number of Topliss-reactive ketones (excluding diaryl/α,β-unsaturated/α-hetero) is 1. The predicted octanol–water partition coefficient (Wildman–Crippen LogP) is 4.67. The summed E-state index contributed by atoms with van der Waals surface area (Å²) in [5.41, 5.74) is 2.46. The number of hydrogen-bond acceptors (Lipinski definition) is 7. The van der Waals surface area contributed by atoms with E-state index in [0.29, 0.717) is 26.8 Å². The van der Waals surface area contributed by atoms with Gasteiger partial charge in [0, 0.05) is 35.4 Å². The molecule has 4 aromatic rings. The number of carbonyl (C=O) groups is 2. The summed E-state index contributed by atoms with van der Waals surface area (Å²) in [6.45, 7) is 1.89. The van der Waals surface area contributed by atoms with Crippen LogP contribution in [0.25, 0.3) is 16.0 Å². The van der Waals surface area contributed by atoms with E-state index in [0.717, 1.165) is 10.3 Å². The SMILES string of the molecule is Cc1cc2sc(N3C(=O)C(=O)/C(=C(/O)c4ccncc4)C3c3cccnc3)nc2cc1Cl. The fourth-order valence-electron chi connectivity index (χ4n) is 3.69. The van der Waals surface area contributed by atoms with Gasteiger partial charge in [-0.2, -0.15) is 0 Å². The first kappa shape index (κ1) is 20.3. The number of aliphatic hydroxyl groups excluding tert-OH is 1. The number of pyridine rings is 2. The number of rotatable bonds is 3. The van der Waals surface area contributed by atoms with Crippen LogP contribution in [0.4, 0.5) is 5.13 Å². The Morgan fingerprint density at radius 1 is 1.12 bits per heavy atom. The van der Waals surface area contributed by atoms with Crippen molar-refractivity contribution in [3.8, 4) is 0 Å². The van der Waals surface area contributed by atoms with Gasteiger partial charge >= 0.3 is 5.91 Å². The van der Waals surface area contributed by atoms with Crippen LogP contribution in [0, 0.1) is 6.92 Å². The van der Waals surface area contributed by atoms with Crippen LogP contribution >= 0.6 is 22.9 Å². The highest BCUT2D eigenvalue weighted by atomic mass is 35.5. The number of ketones is 1. The minimum Gasteiger partial charge on any atom is -0.507 e. The van der Waals surface area contributed by atoms with Crippen molar-refractivity contribution in [2.24, 2.45) is 0 Å². The van der Waals surface area contributed by atoms with E-state index in [1.54, 1.807) is 42.7 Å². The van der Waals surface area contributed by atoms with Gasteiger partial charge in [0.25, 0.3) is 5.78 Å². The zero-order valence-electron chi connectivity index (χ0n) is 16.7. The molecular formula is C23H15ClN4O3S. The molecule has 1 saturated heterocycles. The van der Waals surface area contributed by atoms with E-state index < -0.39 is 17.7 Å². The Morgan fingerprint density at radius 3 is 2.62 bits per heavy atom. The van der Waals surface area contributed by atoms with Crippen molar-refractivity contribution < 1.29 is 14.7 Å². The maximum Gasteiger partial charge on any atom is 0.301 e. The Morgan fingerprint density at radius 2 is 1.91 bits per heavy atom. The molecule has 1 atom stereocenters. The van der Waals surface area contributed by atoms with Gasteiger partial charge < -0.3 is 5.11 Å². The van der Waals surface area contributed by atoms with Gasteiger partial charge in [-0.15, -0.1) is 0 Å². The van der Waals surface area contributed by atoms with E-state index in [4.69, 9.17) is 11.6 Å². The van der Waals surface area contributed by atoms with Crippen LogP contribution in [0.15, 0.2) is 66.8 Å². The molecule has 158 valence electrons. The Labute approximate surface area is 191 Å². The molecule has 32 heavy (non-hydrogen) atoms. The van der Waals surface area contributed by atoms with Crippen LogP contribution in [0.3, 0.4) is 0 Å². The number of benzene rings is 1. The zero-order chi connectivity index (χ0) is 22.4. The van der Waals surface area contributed by atoms with Gasteiger partial charge in [0.1, 0.15) is 5.76 Å². The highest BCUT2D eigenvalue weighted by Crippen LogP contribution is 2.44. The molecule has 0 radical (unpaired) electrons. The van der Waals surface area contributed by atoms with Gasteiger partial charge in [-0.25, -0.2) is 4.98 Å². The Kier molecular flexibility index (Phi) is 4.96. The van der Waals surface area contributed by atoms with Gasteiger partial charge in [0.05, 0.1) is 21.8 Å². The predicted molar refractivity (Wildman–Crippen MR) is 123 cm³/mol. The third kappa shape index (κ3) is 3.24. The van der Waals surface area contributed by atoms with E-state index in [2.05, 4.69) is 15.0 Å². The zero-order valence-corrected chi connectivity index (χ0v) is 18.3. The van der Waals surface area contributed by atoms with E-state index in [9.17, 15) is 14.7 Å². The van der Waals surface area contributed by atoms with Crippen molar-refractivity contribution in [2.45, 2.75) is 13.0 Å². The standard InChI is InChI=1S/C23H15ClN4O3S/c1-12-9-17-16(10-15(12)24)27-23(32-17)28-19(14-3-2-6-26-11-14)18(21(30)22(28)31)20(29)13-4-7-25-8-5-13/h2-11,19,29H,1H3/b20-18+. The fourth-order valence-corrected chi connectivity index (χ4v) is 4.92.